The summed E-state index contributed by atoms with van der Waals surface area (Å²) < 4.78 is 0. The van der Waals surface area contributed by atoms with Gasteiger partial charge in [0.1, 0.15) is 0 Å². The van der Waals surface area contributed by atoms with E-state index < -0.39 is 0 Å². The van der Waals surface area contributed by atoms with Crippen molar-refractivity contribution in [1.29, 1.82) is 0 Å². The quantitative estimate of drug-likeness (QED) is 0.393. The fourth-order valence-corrected chi connectivity index (χ4v) is 0.357. The van der Waals surface area contributed by atoms with Crippen LogP contribution in [0.2, 0.25) is 0 Å². The molecule has 0 aliphatic heterocycles. The van der Waals surface area contributed by atoms with Gasteiger partial charge in [0.25, 0.3) is 0 Å². The second-order valence-corrected chi connectivity index (χ2v) is 1.63. The first kappa shape index (κ1) is 6.28. The van der Waals surface area contributed by atoms with Crippen molar-refractivity contribution >= 4 is 0 Å². The molecule has 7 heavy (non-hydrogen) atoms. The number of allylic oxidation sites excluding steroid dienone is 3. The lowest BCUT2D eigenvalue weighted by molar-refractivity contribution is 0.414. The van der Waals surface area contributed by atoms with Gasteiger partial charge >= 0.3 is 0 Å². The van der Waals surface area contributed by atoms with Crippen LogP contribution in [0.25, 0.3) is 0 Å². The first-order valence-corrected chi connectivity index (χ1v) is 2.15. The van der Waals surface area contributed by atoms with Crippen molar-refractivity contribution in [3.8, 4) is 0 Å². The highest BCUT2D eigenvalue weighted by molar-refractivity contribution is 5.12. The number of aliphatic hydroxyl groups excluding tert-OH is 1. The van der Waals surface area contributed by atoms with E-state index in [1.165, 1.54) is 0 Å². The van der Waals surface area contributed by atoms with Crippen LogP contribution in [0.15, 0.2) is 24.0 Å². The van der Waals surface area contributed by atoms with Crippen LogP contribution in [0.3, 0.4) is 0 Å². The van der Waals surface area contributed by atoms with Crippen molar-refractivity contribution in [3.05, 3.63) is 24.0 Å². The van der Waals surface area contributed by atoms with Gasteiger partial charge in [-0.15, -0.1) is 0 Å². The molecule has 0 unspecified atom stereocenters. The van der Waals surface area contributed by atoms with Gasteiger partial charge in [-0.2, -0.15) is 0 Å². The topological polar surface area (TPSA) is 20.2 Å². The second-order valence-electron chi connectivity index (χ2n) is 1.63. The zero-order valence-corrected chi connectivity index (χ0v) is 4.73. The minimum Gasteiger partial charge on any atom is -0.513 e. The van der Waals surface area contributed by atoms with E-state index >= 15 is 0 Å². The molecule has 0 bridgehead atoms. The first-order valence-electron chi connectivity index (χ1n) is 2.15. The lowest BCUT2D eigenvalue weighted by atomic mass is 10.3. The Kier molecular flexibility index (Phi) is 2.20. The molecule has 0 aromatic rings. The third kappa shape index (κ3) is 5.28. The van der Waals surface area contributed by atoms with Crippen molar-refractivity contribution in [3.63, 3.8) is 0 Å². The maximum absolute atomic E-state index is 8.52. The van der Waals surface area contributed by atoms with Gasteiger partial charge in [0.2, 0.25) is 0 Å². The summed E-state index contributed by atoms with van der Waals surface area (Å²) in [6.07, 6.45) is 1.61. The number of hydrogen-bond acceptors (Lipinski definition) is 1. The van der Waals surface area contributed by atoms with Crippen molar-refractivity contribution in [2.75, 3.05) is 0 Å². The molecule has 1 nitrogen and oxygen atoms in total. The van der Waals surface area contributed by atoms with Crippen LogP contribution in [-0.4, -0.2) is 5.11 Å². The molecule has 0 amide bonds. The number of rotatable bonds is 1. The van der Waals surface area contributed by atoms with Crippen LogP contribution in [0.4, 0.5) is 0 Å². The highest BCUT2D eigenvalue weighted by Crippen LogP contribution is 1.92. The smallest absolute Gasteiger partial charge is 0.0894 e. The van der Waals surface area contributed by atoms with Crippen LogP contribution in [-0.2, 0) is 0 Å². The van der Waals surface area contributed by atoms with Gasteiger partial charge in [-0.25, -0.2) is 0 Å². The van der Waals surface area contributed by atoms with Gasteiger partial charge in [-0.1, -0.05) is 12.2 Å². The molecule has 0 aromatic carbocycles. The summed E-state index contributed by atoms with van der Waals surface area (Å²) in [4.78, 5) is 0. The van der Waals surface area contributed by atoms with Crippen molar-refractivity contribution < 1.29 is 5.11 Å². The minimum absolute atomic E-state index is 0.313. The van der Waals surface area contributed by atoms with E-state index in [0.717, 1.165) is 5.57 Å². The molecule has 0 saturated carbocycles. The Morgan fingerprint density at radius 3 is 2.00 bits per heavy atom. The molecule has 0 heterocycles. The summed E-state index contributed by atoms with van der Waals surface area (Å²) in [6.45, 7) is 7.01. The van der Waals surface area contributed by atoms with E-state index in [9.17, 15) is 0 Å². The van der Waals surface area contributed by atoms with Gasteiger partial charge in [-0.3, -0.25) is 0 Å². The molecule has 0 aliphatic rings. The molecule has 0 saturated heterocycles. The maximum Gasteiger partial charge on any atom is 0.0894 e. The Balaban J connectivity index is 3.68. The molecule has 0 aromatic heterocycles. The van der Waals surface area contributed by atoms with Gasteiger partial charge in [0, 0.05) is 0 Å². The highest BCUT2D eigenvalue weighted by Gasteiger charge is 1.76. The summed E-state index contributed by atoms with van der Waals surface area (Å²) in [5.41, 5.74) is 0.875. The monoisotopic (exact) mass is 98.1 g/mol. The average molecular weight is 98.1 g/mol. The molecule has 1 N–H and O–H groups in total. The molecule has 0 spiro atoms. The molecule has 0 aliphatic carbocycles. The standard InChI is InChI=1S/C6H10O/c1-5(2)4-6(3)7/h4,7H,1H2,2-3H3/b6-4+. The molecule has 0 radical (unpaired) electrons. The molecule has 0 fully saturated rings. The average Bonchev–Trinajstić information content (AvgIpc) is 1.27. The molecular weight excluding hydrogens is 88.1 g/mol. The van der Waals surface area contributed by atoms with Crippen LogP contribution in [0.1, 0.15) is 13.8 Å². The summed E-state index contributed by atoms with van der Waals surface area (Å²) in [5, 5.41) is 8.52. The van der Waals surface area contributed by atoms with Gasteiger partial charge in [0.05, 0.1) is 5.76 Å². The Bertz CT molecular complexity index is 96.7. The summed E-state index contributed by atoms with van der Waals surface area (Å²) >= 11 is 0. The number of aliphatic hydroxyl groups is 1. The van der Waals surface area contributed by atoms with E-state index in [0.29, 0.717) is 5.76 Å². The van der Waals surface area contributed by atoms with Gasteiger partial charge < -0.3 is 5.11 Å². The Labute approximate surface area is 44.0 Å². The van der Waals surface area contributed by atoms with Crippen LogP contribution < -0.4 is 0 Å². The fraction of sp³-hybridized carbons (Fsp3) is 0.333. The molecule has 40 valence electrons. The minimum atomic E-state index is 0.313. The van der Waals surface area contributed by atoms with E-state index in [1.807, 2.05) is 6.92 Å². The summed E-state index contributed by atoms with van der Waals surface area (Å²) in [6, 6.07) is 0. The second kappa shape index (κ2) is 2.45. The van der Waals surface area contributed by atoms with E-state index in [2.05, 4.69) is 6.58 Å². The SMILES string of the molecule is C=C(C)/C=C(\C)O. The Morgan fingerprint density at radius 2 is 2.00 bits per heavy atom. The van der Waals surface area contributed by atoms with Crippen LogP contribution in [0.5, 0.6) is 0 Å². The predicted octanol–water partition coefficient (Wildman–Crippen LogP) is 2.02. The van der Waals surface area contributed by atoms with E-state index in [-0.39, 0.29) is 0 Å². The lowest BCUT2D eigenvalue weighted by Gasteiger charge is -1.85. The van der Waals surface area contributed by atoms with Gasteiger partial charge in [0.15, 0.2) is 0 Å². The van der Waals surface area contributed by atoms with E-state index in [4.69, 9.17) is 5.11 Å². The normalized spacial score (nSPS) is 11.4. The van der Waals surface area contributed by atoms with Crippen LogP contribution >= 0.6 is 0 Å². The summed E-state index contributed by atoms with van der Waals surface area (Å²) in [7, 11) is 0. The molecule has 0 rings (SSSR count). The number of hydrogen-bond donors (Lipinski definition) is 1. The summed E-state index contributed by atoms with van der Waals surface area (Å²) in [5.74, 6) is 0.313. The van der Waals surface area contributed by atoms with Crippen molar-refractivity contribution in [2.24, 2.45) is 0 Å². The van der Waals surface area contributed by atoms with Crippen molar-refractivity contribution in [1.82, 2.24) is 0 Å². The zero-order valence-electron chi connectivity index (χ0n) is 4.73. The van der Waals surface area contributed by atoms with Gasteiger partial charge in [-0.05, 0) is 19.9 Å². The Morgan fingerprint density at radius 1 is 1.57 bits per heavy atom. The molecule has 0 atom stereocenters. The Hall–Kier alpha value is -0.720. The van der Waals surface area contributed by atoms with E-state index in [1.54, 1.807) is 13.0 Å². The zero-order chi connectivity index (χ0) is 5.86. The predicted molar refractivity (Wildman–Crippen MR) is 31.2 cm³/mol. The fourth-order valence-electron chi connectivity index (χ4n) is 0.357. The maximum atomic E-state index is 8.52. The highest BCUT2D eigenvalue weighted by atomic mass is 16.3. The lowest BCUT2D eigenvalue weighted by Crippen LogP contribution is -1.68. The van der Waals surface area contributed by atoms with Crippen molar-refractivity contribution in [2.45, 2.75) is 13.8 Å². The third-order valence-electron chi connectivity index (χ3n) is 0.455. The first-order chi connectivity index (χ1) is 3.13. The molecular formula is C6H10O. The molecule has 1 heteroatoms. The third-order valence-corrected chi connectivity index (χ3v) is 0.455. The largest absolute Gasteiger partial charge is 0.513 e. The van der Waals surface area contributed by atoms with Crippen LogP contribution in [0, 0.1) is 0 Å².